The minimum Gasteiger partial charge on any atom is -0.550 e. The lowest BCUT2D eigenvalue weighted by molar-refractivity contribution is -0.304. The molecular weight excluding hydrogens is 379 g/mol. The van der Waals surface area contributed by atoms with E-state index in [9.17, 15) is 19.1 Å². The van der Waals surface area contributed by atoms with Crippen LogP contribution in [0.4, 0.5) is 4.39 Å². The zero-order chi connectivity index (χ0) is 17.3. The highest BCUT2D eigenvalue weighted by atomic mass is 79.9. The highest BCUT2D eigenvalue weighted by Crippen LogP contribution is 2.17. The van der Waals surface area contributed by atoms with E-state index in [1.165, 1.54) is 6.07 Å². The Morgan fingerprint density at radius 3 is 2.58 bits per heavy atom. The van der Waals surface area contributed by atoms with Gasteiger partial charge in [-0.3, -0.25) is 4.79 Å². The molecule has 0 unspecified atom stereocenters. The molecule has 3 aromatic rings. The van der Waals surface area contributed by atoms with Gasteiger partial charge in [-0.2, -0.15) is 5.10 Å². The molecule has 0 saturated carbocycles. The van der Waals surface area contributed by atoms with Gasteiger partial charge in [0.1, 0.15) is 5.82 Å². The van der Waals surface area contributed by atoms with Crippen LogP contribution in [0, 0.1) is 5.82 Å². The minimum absolute atomic E-state index is 0.0944. The zero-order valence-electron chi connectivity index (χ0n) is 12.3. The molecule has 122 valence electrons. The Morgan fingerprint density at radius 1 is 1.21 bits per heavy atom. The van der Waals surface area contributed by atoms with Crippen LogP contribution in [0.3, 0.4) is 0 Å². The zero-order valence-corrected chi connectivity index (χ0v) is 13.9. The first-order chi connectivity index (χ1) is 11.5. The summed E-state index contributed by atoms with van der Waals surface area (Å²) in [6, 6.07) is 11.1. The number of hydrogen-bond acceptors (Lipinski definition) is 4. The van der Waals surface area contributed by atoms with Gasteiger partial charge < -0.3 is 9.90 Å². The number of rotatable bonds is 4. The number of carboxylic acid groups (broad SMARTS) is 1. The van der Waals surface area contributed by atoms with Crippen molar-refractivity contribution in [2.75, 3.05) is 0 Å². The molecule has 0 fully saturated rings. The van der Waals surface area contributed by atoms with Crippen molar-refractivity contribution in [3.63, 3.8) is 0 Å². The van der Waals surface area contributed by atoms with Crippen LogP contribution in [0.15, 0.2) is 51.7 Å². The van der Waals surface area contributed by atoms with Gasteiger partial charge in [-0.05, 0) is 18.2 Å². The number of hydrogen-bond donors (Lipinski definition) is 0. The third-order valence-electron chi connectivity index (χ3n) is 3.59. The van der Waals surface area contributed by atoms with Crippen LogP contribution >= 0.6 is 15.9 Å². The normalized spacial score (nSPS) is 10.9. The predicted molar refractivity (Wildman–Crippen MR) is 87.9 cm³/mol. The van der Waals surface area contributed by atoms with Crippen LogP contribution in [0.1, 0.15) is 11.3 Å². The summed E-state index contributed by atoms with van der Waals surface area (Å²) in [5.41, 5.74) is 0.0835. The van der Waals surface area contributed by atoms with Crippen LogP contribution in [0.2, 0.25) is 0 Å². The molecule has 0 bridgehead atoms. The largest absolute Gasteiger partial charge is 0.550 e. The van der Waals surface area contributed by atoms with Crippen molar-refractivity contribution in [1.82, 2.24) is 9.78 Å². The molecule has 24 heavy (non-hydrogen) atoms. The van der Waals surface area contributed by atoms with Crippen LogP contribution in [-0.4, -0.2) is 15.7 Å². The summed E-state index contributed by atoms with van der Waals surface area (Å²) in [6.45, 7) is -0.0944. The van der Waals surface area contributed by atoms with Gasteiger partial charge in [-0.25, -0.2) is 9.07 Å². The second-order valence-electron chi connectivity index (χ2n) is 5.24. The van der Waals surface area contributed by atoms with Crippen molar-refractivity contribution in [3.8, 4) is 0 Å². The molecule has 1 aromatic heterocycles. The highest BCUT2D eigenvalue weighted by molar-refractivity contribution is 9.10. The first-order valence-electron chi connectivity index (χ1n) is 7.08. The molecule has 7 heteroatoms. The van der Waals surface area contributed by atoms with Gasteiger partial charge in [-0.1, -0.05) is 40.2 Å². The van der Waals surface area contributed by atoms with Gasteiger partial charge in [0, 0.05) is 27.8 Å². The van der Waals surface area contributed by atoms with Gasteiger partial charge in [0.2, 0.25) is 0 Å². The third-order valence-corrected chi connectivity index (χ3v) is 4.08. The summed E-state index contributed by atoms with van der Waals surface area (Å²) < 4.78 is 15.7. The Hall–Kier alpha value is -2.54. The smallest absolute Gasteiger partial charge is 0.274 e. The second-order valence-corrected chi connectivity index (χ2v) is 6.16. The van der Waals surface area contributed by atoms with Crippen molar-refractivity contribution in [2.24, 2.45) is 0 Å². The van der Waals surface area contributed by atoms with Crippen molar-refractivity contribution in [3.05, 3.63) is 74.4 Å². The van der Waals surface area contributed by atoms with E-state index in [-0.39, 0.29) is 17.8 Å². The Kier molecular flexibility index (Phi) is 4.44. The topological polar surface area (TPSA) is 75.0 Å². The maximum atomic E-state index is 14.0. The summed E-state index contributed by atoms with van der Waals surface area (Å²) in [6.07, 6.45) is -0.427. The van der Waals surface area contributed by atoms with Gasteiger partial charge in [0.25, 0.3) is 5.56 Å². The van der Waals surface area contributed by atoms with E-state index < -0.39 is 23.8 Å². The molecule has 0 aliphatic carbocycles. The molecule has 0 saturated heterocycles. The molecule has 0 amide bonds. The quantitative estimate of drug-likeness (QED) is 0.679. The fourth-order valence-corrected chi connectivity index (χ4v) is 2.82. The molecule has 0 atom stereocenters. The maximum absolute atomic E-state index is 14.0. The summed E-state index contributed by atoms with van der Waals surface area (Å²) in [5, 5.41) is 15.9. The van der Waals surface area contributed by atoms with Gasteiger partial charge >= 0.3 is 0 Å². The van der Waals surface area contributed by atoms with Crippen LogP contribution in [0.5, 0.6) is 0 Å². The number of halogens is 2. The van der Waals surface area contributed by atoms with E-state index in [1.54, 1.807) is 36.4 Å². The minimum atomic E-state index is -1.30. The molecule has 0 spiro atoms. The summed E-state index contributed by atoms with van der Waals surface area (Å²) in [4.78, 5) is 23.5. The lowest BCUT2D eigenvalue weighted by atomic mass is 10.1. The predicted octanol–water partition coefficient (Wildman–Crippen LogP) is 1.64. The molecule has 0 radical (unpaired) electrons. The number of carbonyl (C=O) groups is 1. The van der Waals surface area contributed by atoms with Crippen LogP contribution < -0.4 is 10.7 Å². The van der Waals surface area contributed by atoms with Gasteiger partial charge in [-0.15, -0.1) is 0 Å². The van der Waals surface area contributed by atoms with E-state index in [4.69, 9.17) is 0 Å². The fourth-order valence-electron chi connectivity index (χ4n) is 2.49. The number of carboxylic acids is 1. The van der Waals surface area contributed by atoms with E-state index >= 15 is 0 Å². The molecule has 3 rings (SSSR count). The molecule has 0 aliphatic heterocycles. The van der Waals surface area contributed by atoms with E-state index in [2.05, 4.69) is 21.0 Å². The average molecular weight is 390 g/mol. The first-order valence-corrected chi connectivity index (χ1v) is 7.87. The molecule has 0 aliphatic rings. The number of aromatic nitrogens is 2. The van der Waals surface area contributed by atoms with Crippen molar-refractivity contribution in [2.45, 2.75) is 13.0 Å². The Labute approximate surface area is 144 Å². The van der Waals surface area contributed by atoms with E-state index in [1.807, 2.05) is 0 Å². The van der Waals surface area contributed by atoms with E-state index in [0.29, 0.717) is 15.2 Å². The number of nitrogens with zero attached hydrogens (tertiary/aromatic N) is 2. The van der Waals surface area contributed by atoms with Crippen LogP contribution in [-0.2, 0) is 17.8 Å². The molecular formula is C17H11BrFN2O3-. The Morgan fingerprint density at radius 2 is 1.92 bits per heavy atom. The molecule has 1 heterocycles. The fraction of sp³-hybridized carbons (Fsp3) is 0.118. The highest BCUT2D eigenvalue weighted by Gasteiger charge is 2.12. The van der Waals surface area contributed by atoms with Gasteiger partial charge in [0.15, 0.2) is 0 Å². The van der Waals surface area contributed by atoms with Crippen LogP contribution in [0.25, 0.3) is 10.8 Å². The monoisotopic (exact) mass is 389 g/mol. The Bertz CT molecular complexity index is 1000. The standard InChI is InChI=1S/C17H12BrFN2O3/c18-11-6-5-10(14(19)7-11)9-21-17(24)13-4-2-1-3-12(13)15(20-21)8-16(22)23/h1-7H,8-9H2,(H,22,23)/p-1. The maximum Gasteiger partial charge on any atom is 0.274 e. The van der Waals surface area contributed by atoms with E-state index in [0.717, 1.165) is 4.68 Å². The number of aliphatic carboxylic acids is 1. The number of benzene rings is 2. The van der Waals surface area contributed by atoms with Gasteiger partial charge in [0.05, 0.1) is 17.6 Å². The third kappa shape index (κ3) is 3.21. The van der Waals surface area contributed by atoms with Crippen molar-refractivity contribution < 1.29 is 14.3 Å². The summed E-state index contributed by atoms with van der Waals surface area (Å²) in [7, 11) is 0. The molecule has 5 nitrogen and oxygen atoms in total. The number of fused-ring (bicyclic) bond motifs is 1. The lowest BCUT2D eigenvalue weighted by Crippen LogP contribution is -2.29. The average Bonchev–Trinajstić information content (AvgIpc) is 2.54. The molecule has 0 N–H and O–H groups in total. The SMILES string of the molecule is O=C([O-])Cc1nn(Cc2ccc(Br)cc2F)c(=O)c2ccccc12. The summed E-state index contributed by atoms with van der Waals surface area (Å²) >= 11 is 3.17. The molecule has 2 aromatic carbocycles. The first kappa shape index (κ1) is 16.3. The lowest BCUT2D eigenvalue weighted by Gasteiger charge is -2.12. The number of carbonyl (C=O) groups excluding carboxylic acids is 1. The van der Waals surface area contributed by atoms with Crippen molar-refractivity contribution >= 4 is 32.7 Å². The second kappa shape index (κ2) is 6.52. The Balaban J connectivity index is 2.15. The van der Waals surface area contributed by atoms with Crippen molar-refractivity contribution in [1.29, 1.82) is 0 Å². The summed E-state index contributed by atoms with van der Waals surface area (Å²) in [5.74, 6) is -1.78.